The topological polar surface area (TPSA) is 67.9 Å². The van der Waals surface area contributed by atoms with Gasteiger partial charge in [-0.15, -0.1) is 0 Å². The zero-order valence-electron chi connectivity index (χ0n) is 22.0. The lowest BCUT2D eigenvalue weighted by Gasteiger charge is -2.17. The maximum Gasteiger partial charge on any atom is 0.261 e. The van der Waals surface area contributed by atoms with Crippen molar-refractivity contribution in [2.75, 3.05) is 0 Å². The number of hydrogen-bond acceptors (Lipinski definition) is 4. The van der Waals surface area contributed by atoms with E-state index in [0.29, 0.717) is 18.4 Å². The minimum absolute atomic E-state index is 0.0215. The third-order valence-corrected chi connectivity index (χ3v) is 6.29. The summed E-state index contributed by atoms with van der Waals surface area (Å²) < 4.78 is 7.52. The van der Waals surface area contributed by atoms with Crippen LogP contribution in [0.25, 0.3) is 16.8 Å². The minimum Gasteiger partial charge on any atom is -0.491 e. The molecule has 5 heteroatoms. The summed E-state index contributed by atoms with van der Waals surface area (Å²) in [6, 6.07) is 25.6. The molecule has 37 heavy (non-hydrogen) atoms. The van der Waals surface area contributed by atoms with E-state index in [2.05, 4.69) is 13.0 Å². The van der Waals surface area contributed by atoms with Gasteiger partial charge in [0.15, 0.2) is 0 Å². The molecule has 0 amide bonds. The number of aryl methyl sites for hydroxylation is 2. The average molecular weight is 492 g/mol. The van der Waals surface area contributed by atoms with Gasteiger partial charge < -0.3 is 4.74 Å². The van der Waals surface area contributed by atoms with Gasteiger partial charge in [0, 0.05) is 18.4 Å². The molecular weight excluding hydrogens is 458 g/mol. The molecule has 3 aromatic carbocycles. The number of nitriles is 1. The highest BCUT2D eigenvalue weighted by Gasteiger charge is 2.17. The molecule has 5 nitrogen and oxygen atoms in total. The van der Waals surface area contributed by atoms with Crippen LogP contribution in [-0.2, 0) is 19.3 Å². The molecule has 0 aliphatic carbocycles. The van der Waals surface area contributed by atoms with Crippen LogP contribution in [0, 0.1) is 11.3 Å². The Morgan fingerprint density at radius 3 is 2.30 bits per heavy atom. The third-order valence-electron chi connectivity index (χ3n) is 6.29. The number of ether oxygens (including phenoxy) is 1. The Balaban J connectivity index is 1.73. The molecule has 1 aromatic heterocycles. The Morgan fingerprint density at radius 1 is 0.973 bits per heavy atom. The van der Waals surface area contributed by atoms with Crippen LogP contribution < -0.4 is 10.3 Å². The summed E-state index contributed by atoms with van der Waals surface area (Å²) in [5.74, 6) is 1.54. The second-order valence-electron chi connectivity index (χ2n) is 9.39. The van der Waals surface area contributed by atoms with Crippen molar-refractivity contribution < 1.29 is 4.74 Å². The summed E-state index contributed by atoms with van der Waals surface area (Å²) >= 11 is 0. The molecule has 4 aromatic rings. The number of nitrogens with zero attached hydrogens (tertiary/aromatic N) is 3. The van der Waals surface area contributed by atoms with Gasteiger partial charge in [-0.3, -0.25) is 9.36 Å². The van der Waals surface area contributed by atoms with Crippen LogP contribution in [0.1, 0.15) is 62.3 Å². The van der Waals surface area contributed by atoms with E-state index in [1.54, 1.807) is 4.57 Å². The van der Waals surface area contributed by atoms with Crippen LogP contribution in [0.4, 0.5) is 0 Å². The van der Waals surface area contributed by atoms with E-state index in [0.717, 1.165) is 58.1 Å². The molecule has 0 atom stereocenters. The fraction of sp³-hybridized carbons (Fsp3) is 0.281. The van der Waals surface area contributed by atoms with Gasteiger partial charge in [0.2, 0.25) is 0 Å². The highest BCUT2D eigenvalue weighted by molar-refractivity contribution is 5.70. The number of aromatic nitrogens is 2. The van der Waals surface area contributed by atoms with E-state index in [1.165, 1.54) is 0 Å². The van der Waals surface area contributed by atoms with Gasteiger partial charge in [-0.1, -0.05) is 62.7 Å². The Hall–Kier alpha value is -4.17. The van der Waals surface area contributed by atoms with E-state index in [4.69, 9.17) is 9.72 Å². The number of benzene rings is 3. The average Bonchev–Trinajstić information content (AvgIpc) is 2.91. The van der Waals surface area contributed by atoms with E-state index < -0.39 is 0 Å². The molecule has 0 aliphatic heterocycles. The lowest BCUT2D eigenvalue weighted by Crippen LogP contribution is -2.29. The molecule has 0 N–H and O–H groups in total. The molecule has 0 fully saturated rings. The van der Waals surface area contributed by atoms with Gasteiger partial charge >= 0.3 is 0 Å². The molecule has 4 rings (SSSR count). The minimum atomic E-state index is -0.0215. The lowest BCUT2D eigenvalue weighted by molar-refractivity contribution is 0.242. The Bertz CT molecular complexity index is 1460. The highest BCUT2D eigenvalue weighted by Crippen LogP contribution is 2.25. The monoisotopic (exact) mass is 491 g/mol. The largest absolute Gasteiger partial charge is 0.491 e. The molecule has 188 valence electrons. The highest BCUT2D eigenvalue weighted by atomic mass is 16.5. The summed E-state index contributed by atoms with van der Waals surface area (Å²) in [7, 11) is 0. The van der Waals surface area contributed by atoms with Crippen LogP contribution in [0.15, 0.2) is 77.6 Å². The van der Waals surface area contributed by atoms with Crippen molar-refractivity contribution >= 4 is 0 Å². The van der Waals surface area contributed by atoms with Crippen molar-refractivity contribution in [3.63, 3.8) is 0 Å². The van der Waals surface area contributed by atoms with Gasteiger partial charge in [-0.05, 0) is 67.3 Å². The van der Waals surface area contributed by atoms with Gasteiger partial charge in [-0.2, -0.15) is 5.26 Å². The van der Waals surface area contributed by atoms with Crippen molar-refractivity contribution in [3.05, 3.63) is 111 Å². The fourth-order valence-electron chi connectivity index (χ4n) is 4.56. The lowest BCUT2D eigenvalue weighted by atomic mass is 9.97. The first-order valence-electron chi connectivity index (χ1n) is 12.9. The van der Waals surface area contributed by atoms with Gasteiger partial charge in [0.25, 0.3) is 5.56 Å². The van der Waals surface area contributed by atoms with Crippen LogP contribution in [-0.4, -0.2) is 15.7 Å². The smallest absolute Gasteiger partial charge is 0.261 e. The Morgan fingerprint density at radius 2 is 1.68 bits per heavy atom. The molecule has 0 spiro atoms. The standard InChI is InChI=1S/C32H33N3O2/c1-5-9-30-29(20-23-12-14-24(15-13-23)28-11-8-7-10-25(28)21-33)32(36)35(31(6-2)34-30)26-16-18-27(19-17-26)37-22(3)4/h7-8,10-19,22H,5-6,9,20H2,1-4H3. The van der Waals surface area contributed by atoms with Crippen LogP contribution in [0.3, 0.4) is 0 Å². The Labute approximate surface area is 219 Å². The van der Waals surface area contributed by atoms with E-state index in [1.807, 2.05) is 93.6 Å². The number of hydrogen-bond donors (Lipinski definition) is 0. The maximum absolute atomic E-state index is 13.9. The normalized spacial score (nSPS) is 10.9. The van der Waals surface area contributed by atoms with Crippen molar-refractivity contribution in [1.82, 2.24) is 9.55 Å². The maximum atomic E-state index is 13.9. The van der Waals surface area contributed by atoms with Crippen LogP contribution >= 0.6 is 0 Å². The molecule has 1 heterocycles. The first-order chi connectivity index (χ1) is 17.9. The zero-order valence-corrected chi connectivity index (χ0v) is 22.0. The summed E-state index contributed by atoms with van der Waals surface area (Å²) in [6.07, 6.45) is 2.91. The fourth-order valence-corrected chi connectivity index (χ4v) is 4.56. The van der Waals surface area contributed by atoms with E-state index in [-0.39, 0.29) is 11.7 Å². The molecular formula is C32H33N3O2. The van der Waals surface area contributed by atoms with Gasteiger partial charge in [0.1, 0.15) is 11.6 Å². The predicted molar refractivity (Wildman–Crippen MR) is 148 cm³/mol. The van der Waals surface area contributed by atoms with Gasteiger partial charge in [-0.25, -0.2) is 4.98 Å². The van der Waals surface area contributed by atoms with Crippen molar-refractivity contribution in [1.29, 1.82) is 5.26 Å². The molecule has 0 saturated heterocycles. The number of rotatable bonds is 9. The third kappa shape index (κ3) is 5.81. The first-order valence-corrected chi connectivity index (χ1v) is 12.9. The summed E-state index contributed by atoms with van der Waals surface area (Å²) in [5, 5.41) is 9.46. The summed E-state index contributed by atoms with van der Waals surface area (Å²) in [6.45, 7) is 8.12. The van der Waals surface area contributed by atoms with Crippen LogP contribution in [0.2, 0.25) is 0 Å². The van der Waals surface area contributed by atoms with E-state index >= 15 is 0 Å². The molecule has 0 bridgehead atoms. The van der Waals surface area contributed by atoms with Crippen molar-refractivity contribution in [3.8, 4) is 28.6 Å². The van der Waals surface area contributed by atoms with Crippen molar-refractivity contribution in [2.24, 2.45) is 0 Å². The molecule has 0 radical (unpaired) electrons. The van der Waals surface area contributed by atoms with Gasteiger partial charge in [0.05, 0.1) is 29.1 Å². The second-order valence-corrected chi connectivity index (χ2v) is 9.39. The zero-order chi connectivity index (χ0) is 26.4. The summed E-state index contributed by atoms with van der Waals surface area (Å²) in [5.41, 5.74) is 5.94. The molecule has 0 unspecified atom stereocenters. The second kappa shape index (κ2) is 11.7. The van der Waals surface area contributed by atoms with Crippen molar-refractivity contribution in [2.45, 2.75) is 59.5 Å². The van der Waals surface area contributed by atoms with Crippen LogP contribution in [0.5, 0.6) is 5.75 Å². The summed E-state index contributed by atoms with van der Waals surface area (Å²) in [4.78, 5) is 18.9. The Kier molecular flexibility index (Phi) is 8.20. The molecule has 0 aliphatic rings. The quantitative estimate of drug-likeness (QED) is 0.262. The van der Waals surface area contributed by atoms with E-state index in [9.17, 15) is 10.1 Å². The predicted octanol–water partition coefficient (Wildman–Crippen LogP) is 6.66. The SMILES string of the molecule is CCCc1nc(CC)n(-c2ccc(OC(C)C)cc2)c(=O)c1Cc1ccc(-c2ccccc2C#N)cc1. The molecule has 0 saturated carbocycles. The first kappa shape index (κ1) is 25.9.